The molecule has 0 spiro atoms. The van der Waals surface area contributed by atoms with Crippen molar-refractivity contribution in [2.75, 3.05) is 32.9 Å². The van der Waals surface area contributed by atoms with Crippen molar-refractivity contribution in [2.45, 2.75) is 45.4 Å². The number of nitrogens with one attached hydrogen (secondary N) is 1. The quantitative estimate of drug-likeness (QED) is 0.491. The number of hydrogen-bond donors (Lipinski definition) is 2. The third-order valence-corrected chi connectivity index (χ3v) is 2.33. The van der Waals surface area contributed by atoms with Crippen molar-refractivity contribution in [3.63, 3.8) is 0 Å². The molecular formula is C12H27NO2. The summed E-state index contributed by atoms with van der Waals surface area (Å²) >= 11 is 0. The molecule has 3 nitrogen and oxygen atoms in total. The van der Waals surface area contributed by atoms with E-state index in [1.54, 1.807) is 0 Å². The van der Waals surface area contributed by atoms with Gasteiger partial charge in [-0.3, -0.25) is 0 Å². The Morgan fingerprint density at radius 1 is 0.933 bits per heavy atom. The van der Waals surface area contributed by atoms with Crippen LogP contribution in [-0.2, 0) is 4.74 Å². The van der Waals surface area contributed by atoms with E-state index in [2.05, 4.69) is 12.2 Å². The van der Waals surface area contributed by atoms with Crippen LogP contribution in [0.5, 0.6) is 0 Å². The first-order valence-corrected chi connectivity index (χ1v) is 6.31. The van der Waals surface area contributed by atoms with E-state index in [0.717, 1.165) is 39.1 Å². The molecule has 0 aliphatic rings. The molecule has 0 aliphatic carbocycles. The third kappa shape index (κ3) is 13.9. The van der Waals surface area contributed by atoms with Gasteiger partial charge >= 0.3 is 0 Å². The van der Waals surface area contributed by atoms with E-state index < -0.39 is 0 Å². The molecule has 0 atom stereocenters. The highest BCUT2D eigenvalue weighted by Crippen LogP contribution is 1.97. The van der Waals surface area contributed by atoms with Gasteiger partial charge in [0, 0.05) is 19.8 Å². The average Bonchev–Trinajstić information content (AvgIpc) is 2.26. The van der Waals surface area contributed by atoms with Crippen LogP contribution in [0.4, 0.5) is 0 Å². The van der Waals surface area contributed by atoms with Crippen molar-refractivity contribution in [3.8, 4) is 0 Å². The number of ether oxygens (including phenoxy) is 1. The molecule has 0 aliphatic heterocycles. The second kappa shape index (κ2) is 13.9. The minimum atomic E-state index is 0.332. The van der Waals surface area contributed by atoms with Crippen LogP contribution in [0.1, 0.15) is 45.4 Å². The molecule has 0 fully saturated rings. The lowest BCUT2D eigenvalue weighted by molar-refractivity contribution is 0.133. The van der Waals surface area contributed by atoms with Crippen molar-refractivity contribution in [2.24, 2.45) is 0 Å². The van der Waals surface area contributed by atoms with Crippen LogP contribution < -0.4 is 5.32 Å². The SMILES string of the molecule is CCCCOCCNCCCCCCO. The molecule has 0 rings (SSSR count). The zero-order valence-corrected chi connectivity index (χ0v) is 10.1. The van der Waals surface area contributed by atoms with E-state index in [4.69, 9.17) is 9.84 Å². The summed E-state index contributed by atoms with van der Waals surface area (Å²) < 4.78 is 5.42. The molecule has 0 amide bonds. The maximum atomic E-state index is 8.58. The number of hydrogen-bond acceptors (Lipinski definition) is 3. The molecule has 15 heavy (non-hydrogen) atoms. The molecule has 0 aromatic rings. The van der Waals surface area contributed by atoms with Gasteiger partial charge in [-0.25, -0.2) is 0 Å². The van der Waals surface area contributed by atoms with Crippen molar-refractivity contribution >= 4 is 0 Å². The lowest BCUT2D eigenvalue weighted by atomic mass is 10.2. The number of rotatable bonds is 12. The maximum absolute atomic E-state index is 8.58. The molecule has 0 unspecified atom stereocenters. The lowest BCUT2D eigenvalue weighted by Crippen LogP contribution is -2.21. The van der Waals surface area contributed by atoms with E-state index >= 15 is 0 Å². The Balaban J connectivity index is 2.81. The minimum absolute atomic E-state index is 0.332. The number of unbranched alkanes of at least 4 members (excludes halogenated alkanes) is 4. The van der Waals surface area contributed by atoms with Crippen LogP contribution in [-0.4, -0.2) is 38.0 Å². The summed E-state index contributed by atoms with van der Waals surface area (Å²) in [5.74, 6) is 0. The molecule has 0 aromatic carbocycles. The van der Waals surface area contributed by atoms with Crippen LogP contribution in [0.15, 0.2) is 0 Å². The van der Waals surface area contributed by atoms with Crippen molar-refractivity contribution in [3.05, 3.63) is 0 Å². The topological polar surface area (TPSA) is 41.5 Å². The van der Waals surface area contributed by atoms with Gasteiger partial charge in [-0.15, -0.1) is 0 Å². The second-order valence-electron chi connectivity index (χ2n) is 3.85. The molecule has 0 saturated carbocycles. The Labute approximate surface area is 94.2 Å². The predicted molar refractivity (Wildman–Crippen MR) is 64.2 cm³/mol. The van der Waals surface area contributed by atoms with Gasteiger partial charge in [-0.05, 0) is 25.8 Å². The molecule has 3 heteroatoms. The standard InChI is InChI=1S/C12H27NO2/c1-2-3-11-15-12-9-13-8-6-4-5-7-10-14/h13-14H,2-12H2,1H3. The van der Waals surface area contributed by atoms with E-state index in [9.17, 15) is 0 Å². The highest BCUT2D eigenvalue weighted by Gasteiger charge is 1.90. The summed E-state index contributed by atoms with van der Waals surface area (Å²) in [4.78, 5) is 0. The Bertz CT molecular complexity index is 97.8. The largest absolute Gasteiger partial charge is 0.396 e. The van der Waals surface area contributed by atoms with Gasteiger partial charge < -0.3 is 15.2 Å². The van der Waals surface area contributed by atoms with Crippen LogP contribution in [0.3, 0.4) is 0 Å². The fourth-order valence-corrected chi connectivity index (χ4v) is 1.33. The van der Waals surface area contributed by atoms with Gasteiger partial charge in [-0.2, -0.15) is 0 Å². The molecule has 2 N–H and O–H groups in total. The summed E-state index contributed by atoms with van der Waals surface area (Å²) in [7, 11) is 0. The summed E-state index contributed by atoms with van der Waals surface area (Å²) in [6, 6.07) is 0. The highest BCUT2D eigenvalue weighted by molar-refractivity contribution is 4.48. The van der Waals surface area contributed by atoms with Crippen LogP contribution >= 0.6 is 0 Å². The molecule has 0 bridgehead atoms. The third-order valence-electron chi connectivity index (χ3n) is 2.33. The van der Waals surface area contributed by atoms with Crippen molar-refractivity contribution in [1.82, 2.24) is 5.32 Å². The Morgan fingerprint density at radius 2 is 1.73 bits per heavy atom. The first-order valence-electron chi connectivity index (χ1n) is 6.31. The van der Waals surface area contributed by atoms with Crippen LogP contribution in [0.2, 0.25) is 0 Å². The average molecular weight is 217 g/mol. The predicted octanol–water partition coefficient (Wildman–Crippen LogP) is 1.95. The number of aliphatic hydroxyl groups is 1. The molecule has 0 aromatic heterocycles. The molecule has 0 saturated heterocycles. The fraction of sp³-hybridized carbons (Fsp3) is 1.00. The normalized spacial score (nSPS) is 10.8. The first-order chi connectivity index (χ1) is 7.41. The van der Waals surface area contributed by atoms with E-state index in [1.807, 2.05) is 0 Å². The molecular weight excluding hydrogens is 190 g/mol. The van der Waals surface area contributed by atoms with E-state index in [0.29, 0.717) is 6.61 Å². The zero-order valence-electron chi connectivity index (χ0n) is 10.1. The van der Waals surface area contributed by atoms with Gasteiger partial charge in [0.05, 0.1) is 6.61 Å². The van der Waals surface area contributed by atoms with E-state index in [1.165, 1.54) is 25.7 Å². The first kappa shape index (κ1) is 14.9. The Hall–Kier alpha value is -0.120. The summed E-state index contributed by atoms with van der Waals surface area (Å²) in [6.07, 6.45) is 6.88. The van der Waals surface area contributed by atoms with Crippen molar-refractivity contribution in [1.29, 1.82) is 0 Å². The molecule has 92 valence electrons. The highest BCUT2D eigenvalue weighted by atomic mass is 16.5. The van der Waals surface area contributed by atoms with Crippen LogP contribution in [0, 0.1) is 0 Å². The van der Waals surface area contributed by atoms with Crippen molar-refractivity contribution < 1.29 is 9.84 Å². The van der Waals surface area contributed by atoms with Gasteiger partial charge in [0.1, 0.15) is 0 Å². The smallest absolute Gasteiger partial charge is 0.0590 e. The summed E-state index contributed by atoms with van der Waals surface area (Å²) in [6.45, 7) is 6.27. The second-order valence-corrected chi connectivity index (χ2v) is 3.85. The fourth-order valence-electron chi connectivity index (χ4n) is 1.33. The summed E-state index contributed by atoms with van der Waals surface area (Å²) in [5.41, 5.74) is 0. The number of aliphatic hydroxyl groups excluding tert-OH is 1. The van der Waals surface area contributed by atoms with Gasteiger partial charge in [-0.1, -0.05) is 26.2 Å². The molecule has 0 radical (unpaired) electrons. The van der Waals surface area contributed by atoms with Gasteiger partial charge in [0.25, 0.3) is 0 Å². The Kier molecular flexibility index (Phi) is 13.8. The lowest BCUT2D eigenvalue weighted by Gasteiger charge is -2.05. The monoisotopic (exact) mass is 217 g/mol. The molecule has 0 heterocycles. The maximum Gasteiger partial charge on any atom is 0.0590 e. The summed E-state index contributed by atoms with van der Waals surface area (Å²) in [5, 5.41) is 11.9. The van der Waals surface area contributed by atoms with Gasteiger partial charge in [0.15, 0.2) is 0 Å². The Morgan fingerprint density at radius 3 is 2.47 bits per heavy atom. The zero-order chi connectivity index (χ0) is 11.2. The van der Waals surface area contributed by atoms with Gasteiger partial charge in [0.2, 0.25) is 0 Å². The van der Waals surface area contributed by atoms with Crippen LogP contribution in [0.25, 0.3) is 0 Å². The van der Waals surface area contributed by atoms with E-state index in [-0.39, 0.29) is 0 Å². The minimum Gasteiger partial charge on any atom is -0.396 e.